The summed E-state index contributed by atoms with van der Waals surface area (Å²) in [6, 6.07) is 2.81. The fourth-order valence-corrected chi connectivity index (χ4v) is 1.64. The smallest absolute Gasteiger partial charge is 0.273 e. The van der Waals surface area contributed by atoms with Gasteiger partial charge in [-0.1, -0.05) is 18.5 Å². The van der Waals surface area contributed by atoms with Gasteiger partial charge in [0.05, 0.1) is 12.1 Å². The number of hydrogen-bond donors (Lipinski definition) is 0. The van der Waals surface area contributed by atoms with Crippen molar-refractivity contribution in [3.8, 4) is 5.75 Å². The van der Waals surface area contributed by atoms with Gasteiger partial charge in [0.25, 0.3) is 5.92 Å². The molecule has 15 heavy (non-hydrogen) atoms. The van der Waals surface area contributed by atoms with Crippen LogP contribution < -0.4 is 4.74 Å². The first-order valence-corrected chi connectivity index (χ1v) is 5.02. The predicted molar refractivity (Wildman–Crippen MR) is 56.9 cm³/mol. The minimum absolute atomic E-state index is 0.0317. The highest BCUT2D eigenvalue weighted by atomic mass is 35.5. The molecule has 0 amide bonds. The van der Waals surface area contributed by atoms with Gasteiger partial charge in [-0.15, -0.1) is 0 Å². The van der Waals surface area contributed by atoms with Crippen LogP contribution in [0.4, 0.5) is 8.78 Å². The van der Waals surface area contributed by atoms with E-state index in [0.717, 1.165) is 0 Å². The van der Waals surface area contributed by atoms with E-state index in [1.54, 1.807) is 6.92 Å². The third-order valence-corrected chi connectivity index (χ3v) is 2.63. The second kappa shape index (κ2) is 4.35. The Morgan fingerprint density at radius 2 is 2.00 bits per heavy atom. The zero-order chi connectivity index (χ0) is 11.6. The Morgan fingerprint density at radius 1 is 1.40 bits per heavy atom. The lowest BCUT2D eigenvalue weighted by Gasteiger charge is -2.18. The molecule has 0 aliphatic heterocycles. The van der Waals surface area contributed by atoms with Crippen LogP contribution in [0.2, 0.25) is 5.02 Å². The van der Waals surface area contributed by atoms with Gasteiger partial charge < -0.3 is 4.74 Å². The Morgan fingerprint density at radius 3 is 2.47 bits per heavy atom. The molecule has 1 aromatic rings. The van der Waals surface area contributed by atoms with Gasteiger partial charge in [-0.25, -0.2) is 8.78 Å². The van der Waals surface area contributed by atoms with E-state index in [-0.39, 0.29) is 17.0 Å². The number of methoxy groups -OCH3 is 1. The van der Waals surface area contributed by atoms with Crippen molar-refractivity contribution in [2.75, 3.05) is 7.11 Å². The van der Waals surface area contributed by atoms with Crippen molar-refractivity contribution >= 4 is 11.6 Å². The summed E-state index contributed by atoms with van der Waals surface area (Å²) in [6.45, 7) is 3.06. The molecular weight excluding hydrogens is 222 g/mol. The molecule has 0 heterocycles. The monoisotopic (exact) mass is 234 g/mol. The van der Waals surface area contributed by atoms with E-state index < -0.39 is 5.92 Å². The van der Waals surface area contributed by atoms with E-state index >= 15 is 0 Å². The molecule has 0 unspecified atom stereocenters. The summed E-state index contributed by atoms with van der Waals surface area (Å²) in [5, 5.41) is 0.214. The Balaban J connectivity index is 3.28. The fourth-order valence-electron chi connectivity index (χ4n) is 1.40. The molecule has 0 saturated carbocycles. The Bertz CT molecular complexity index is 364. The molecule has 84 valence electrons. The molecule has 0 spiro atoms. The van der Waals surface area contributed by atoms with Crippen molar-refractivity contribution in [2.45, 2.75) is 26.2 Å². The average molecular weight is 235 g/mol. The van der Waals surface area contributed by atoms with Gasteiger partial charge in [0, 0.05) is 12.0 Å². The minimum atomic E-state index is -2.83. The topological polar surface area (TPSA) is 9.23 Å². The quantitative estimate of drug-likeness (QED) is 0.763. The molecule has 0 aliphatic carbocycles. The largest absolute Gasteiger partial charge is 0.495 e. The van der Waals surface area contributed by atoms with Crippen LogP contribution in [-0.2, 0) is 5.92 Å². The van der Waals surface area contributed by atoms with Crippen molar-refractivity contribution in [2.24, 2.45) is 0 Å². The first kappa shape index (κ1) is 12.2. The lowest BCUT2D eigenvalue weighted by atomic mass is 10.0. The van der Waals surface area contributed by atoms with E-state index in [4.69, 9.17) is 16.3 Å². The van der Waals surface area contributed by atoms with Crippen LogP contribution in [0.5, 0.6) is 5.75 Å². The lowest BCUT2D eigenvalue weighted by Crippen LogP contribution is -2.13. The van der Waals surface area contributed by atoms with Gasteiger partial charge in [0.2, 0.25) is 0 Å². The Hall–Kier alpha value is -0.830. The second-order valence-electron chi connectivity index (χ2n) is 3.36. The molecule has 1 aromatic carbocycles. The molecule has 0 aromatic heterocycles. The molecule has 0 atom stereocenters. The van der Waals surface area contributed by atoms with Crippen LogP contribution in [-0.4, -0.2) is 7.11 Å². The molecule has 1 nitrogen and oxygen atoms in total. The summed E-state index contributed by atoms with van der Waals surface area (Å²) in [4.78, 5) is 0. The summed E-state index contributed by atoms with van der Waals surface area (Å²) in [5.41, 5.74) is 0.457. The number of rotatable bonds is 3. The Labute approximate surface area is 93.0 Å². The number of hydrogen-bond acceptors (Lipinski definition) is 1. The van der Waals surface area contributed by atoms with Gasteiger partial charge in [-0.2, -0.15) is 0 Å². The molecule has 0 fully saturated rings. The highest BCUT2D eigenvalue weighted by Crippen LogP contribution is 2.38. The van der Waals surface area contributed by atoms with Gasteiger partial charge in [0.15, 0.2) is 0 Å². The maximum Gasteiger partial charge on any atom is 0.273 e. The molecule has 1 rings (SSSR count). The fraction of sp³-hybridized carbons (Fsp3) is 0.455. The first-order chi connectivity index (χ1) is 6.92. The molecule has 0 radical (unpaired) electrons. The average Bonchev–Trinajstić information content (AvgIpc) is 2.20. The normalized spacial score (nSPS) is 11.6. The molecule has 0 aliphatic rings. The van der Waals surface area contributed by atoms with E-state index in [1.165, 1.54) is 26.2 Å². The number of halogens is 3. The number of benzene rings is 1. The van der Waals surface area contributed by atoms with Gasteiger partial charge in [-0.05, 0) is 24.6 Å². The van der Waals surface area contributed by atoms with Crippen LogP contribution in [0.1, 0.15) is 24.5 Å². The van der Waals surface area contributed by atoms with Crippen molar-refractivity contribution in [1.82, 2.24) is 0 Å². The van der Waals surface area contributed by atoms with E-state index in [1.807, 2.05) is 0 Å². The maximum atomic E-state index is 13.5. The SMILES string of the molecule is CCC(F)(F)c1cc(Cl)c(OC)cc1C. The van der Waals surface area contributed by atoms with E-state index in [0.29, 0.717) is 11.3 Å². The minimum Gasteiger partial charge on any atom is -0.495 e. The summed E-state index contributed by atoms with van der Waals surface area (Å²) < 4.78 is 31.9. The number of ether oxygens (including phenoxy) is 1. The zero-order valence-corrected chi connectivity index (χ0v) is 9.66. The standard InChI is InChI=1S/C11H13ClF2O/c1-4-11(13,14)8-6-9(12)10(15-3)5-7(8)2/h5-6H,4H2,1-3H3. The zero-order valence-electron chi connectivity index (χ0n) is 8.90. The van der Waals surface area contributed by atoms with E-state index in [9.17, 15) is 8.78 Å². The van der Waals surface area contributed by atoms with E-state index in [2.05, 4.69) is 0 Å². The third kappa shape index (κ3) is 2.40. The summed E-state index contributed by atoms with van der Waals surface area (Å²) in [5.74, 6) is -2.41. The van der Waals surface area contributed by atoms with Gasteiger partial charge in [-0.3, -0.25) is 0 Å². The second-order valence-corrected chi connectivity index (χ2v) is 3.77. The molecular formula is C11H13ClF2O. The van der Waals surface area contributed by atoms with Crippen LogP contribution in [0, 0.1) is 6.92 Å². The first-order valence-electron chi connectivity index (χ1n) is 4.64. The number of aryl methyl sites for hydroxylation is 1. The highest BCUT2D eigenvalue weighted by Gasteiger charge is 2.31. The number of alkyl halides is 2. The van der Waals surface area contributed by atoms with Crippen molar-refractivity contribution in [3.05, 3.63) is 28.3 Å². The molecule has 4 heteroatoms. The van der Waals surface area contributed by atoms with Crippen LogP contribution in [0.15, 0.2) is 12.1 Å². The van der Waals surface area contributed by atoms with Crippen molar-refractivity contribution < 1.29 is 13.5 Å². The lowest BCUT2D eigenvalue weighted by molar-refractivity contribution is -0.00891. The van der Waals surface area contributed by atoms with Crippen molar-refractivity contribution in [1.29, 1.82) is 0 Å². The summed E-state index contributed by atoms with van der Waals surface area (Å²) >= 11 is 5.81. The van der Waals surface area contributed by atoms with Crippen LogP contribution in [0.3, 0.4) is 0 Å². The Kier molecular flexibility index (Phi) is 3.55. The summed E-state index contributed by atoms with van der Waals surface area (Å²) in [7, 11) is 1.46. The molecule has 0 saturated heterocycles. The van der Waals surface area contributed by atoms with Gasteiger partial charge >= 0.3 is 0 Å². The molecule has 0 N–H and O–H groups in total. The van der Waals surface area contributed by atoms with Crippen LogP contribution >= 0.6 is 11.6 Å². The van der Waals surface area contributed by atoms with Gasteiger partial charge in [0.1, 0.15) is 5.75 Å². The molecule has 0 bridgehead atoms. The van der Waals surface area contributed by atoms with Crippen LogP contribution in [0.25, 0.3) is 0 Å². The maximum absolute atomic E-state index is 13.5. The summed E-state index contributed by atoms with van der Waals surface area (Å²) in [6.07, 6.45) is -0.240. The third-order valence-electron chi connectivity index (χ3n) is 2.34. The predicted octanol–water partition coefficient (Wildman–Crippen LogP) is 4.16. The van der Waals surface area contributed by atoms with Crippen molar-refractivity contribution in [3.63, 3.8) is 0 Å². The highest BCUT2D eigenvalue weighted by molar-refractivity contribution is 6.32.